The molecule has 2 rings (SSSR count). The van der Waals surface area contributed by atoms with Crippen molar-refractivity contribution in [1.82, 2.24) is 15.6 Å². The molecule has 0 aliphatic carbocycles. The fraction of sp³-hybridized carbons (Fsp3) is 0.400. The van der Waals surface area contributed by atoms with Crippen molar-refractivity contribution in [2.45, 2.75) is 25.1 Å². The van der Waals surface area contributed by atoms with E-state index in [0.29, 0.717) is 17.1 Å². The molecule has 0 spiro atoms. The molecular weight excluding hydrogens is 520 g/mol. The number of hydrogen-bond acceptors (Lipinski definition) is 5. The maximum absolute atomic E-state index is 13.6. The molecule has 10 heteroatoms. The summed E-state index contributed by atoms with van der Waals surface area (Å²) in [4.78, 5) is 8.36. The predicted molar refractivity (Wildman–Crippen MR) is 131 cm³/mol. The van der Waals surface area contributed by atoms with Gasteiger partial charge in [-0.3, -0.25) is 4.99 Å². The fourth-order valence-corrected chi connectivity index (χ4v) is 3.57. The molecule has 0 amide bonds. The molecule has 0 aliphatic heterocycles. The van der Waals surface area contributed by atoms with Crippen molar-refractivity contribution in [2.75, 3.05) is 31.7 Å². The minimum absolute atomic E-state index is 0. The molecule has 0 radical (unpaired) electrons. The average Bonchev–Trinajstić information content (AvgIpc) is 2.68. The number of unbranched alkanes of at least 4 members (excludes halogenated alkanes) is 1. The molecule has 3 N–H and O–H groups in total. The van der Waals surface area contributed by atoms with E-state index in [1.54, 1.807) is 13.2 Å². The summed E-state index contributed by atoms with van der Waals surface area (Å²) >= 11 is 0. The van der Waals surface area contributed by atoms with E-state index in [0.717, 1.165) is 38.0 Å². The smallest absolute Gasteiger partial charge is 0.191 e. The highest BCUT2D eigenvalue weighted by Gasteiger charge is 2.11. The molecule has 1 aromatic carbocycles. The van der Waals surface area contributed by atoms with Crippen molar-refractivity contribution < 1.29 is 12.8 Å². The zero-order chi connectivity index (χ0) is 21.1. The number of aliphatic imine (C=N–C) groups is 1. The highest BCUT2D eigenvalue weighted by Crippen LogP contribution is 2.14. The van der Waals surface area contributed by atoms with Gasteiger partial charge >= 0.3 is 0 Å². The second-order valence-electron chi connectivity index (χ2n) is 6.68. The molecule has 0 saturated heterocycles. The SMILES string of the molecule is CN=C(NCCCCNc1ccccn1)NCc1cc(F)ccc1CS(C)(=O)=O.I. The first-order valence-corrected chi connectivity index (χ1v) is 11.5. The quantitative estimate of drug-likeness (QED) is 0.183. The second kappa shape index (κ2) is 13.4. The molecule has 0 fully saturated rings. The third-order valence-electron chi connectivity index (χ3n) is 4.12. The Balaban J connectivity index is 0.00000450. The van der Waals surface area contributed by atoms with Gasteiger partial charge in [-0.1, -0.05) is 12.1 Å². The van der Waals surface area contributed by atoms with Gasteiger partial charge in [-0.15, -0.1) is 24.0 Å². The first-order chi connectivity index (χ1) is 13.9. The minimum Gasteiger partial charge on any atom is -0.370 e. The number of pyridine rings is 1. The fourth-order valence-electron chi connectivity index (χ4n) is 2.72. The Morgan fingerprint density at radius 1 is 1.10 bits per heavy atom. The summed E-state index contributed by atoms with van der Waals surface area (Å²) < 4.78 is 36.8. The normalized spacial score (nSPS) is 11.5. The molecule has 0 aliphatic rings. The van der Waals surface area contributed by atoms with Crippen LogP contribution in [0.3, 0.4) is 0 Å². The number of sulfone groups is 1. The first-order valence-electron chi connectivity index (χ1n) is 9.42. The lowest BCUT2D eigenvalue weighted by Crippen LogP contribution is -2.37. The zero-order valence-electron chi connectivity index (χ0n) is 17.2. The summed E-state index contributed by atoms with van der Waals surface area (Å²) in [6.45, 7) is 1.83. The van der Waals surface area contributed by atoms with Crippen LogP contribution in [-0.2, 0) is 22.1 Å². The van der Waals surface area contributed by atoms with Crippen LogP contribution in [0.15, 0.2) is 47.6 Å². The van der Waals surface area contributed by atoms with Crippen molar-refractivity contribution in [2.24, 2.45) is 4.99 Å². The first kappa shape index (κ1) is 26.1. The second-order valence-corrected chi connectivity index (χ2v) is 8.82. The number of guanidine groups is 1. The Morgan fingerprint density at radius 2 is 1.87 bits per heavy atom. The van der Waals surface area contributed by atoms with Crippen LogP contribution in [0, 0.1) is 5.82 Å². The van der Waals surface area contributed by atoms with Gasteiger partial charge in [-0.25, -0.2) is 17.8 Å². The van der Waals surface area contributed by atoms with Gasteiger partial charge in [0.25, 0.3) is 0 Å². The van der Waals surface area contributed by atoms with Crippen LogP contribution < -0.4 is 16.0 Å². The number of benzene rings is 1. The number of rotatable bonds is 10. The molecule has 30 heavy (non-hydrogen) atoms. The molecule has 0 saturated carbocycles. The molecule has 0 unspecified atom stereocenters. The monoisotopic (exact) mass is 549 g/mol. The minimum atomic E-state index is -3.21. The van der Waals surface area contributed by atoms with Gasteiger partial charge in [0, 0.05) is 39.1 Å². The van der Waals surface area contributed by atoms with Gasteiger partial charge in [0.05, 0.1) is 5.75 Å². The van der Waals surface area contributed by atoms with Crippen LogP contribution in [0.5, 0.6) is 0 Å². The number of nitrogens with zero attached hydrogens (tertiary/aromatic N) is 2. The molecule has 7 nitrogen and oxygen atoms in total. The molecule has 166 valence electrons. The average molecular weight is 549 g/mol. The molecular formula is C20H29FIN5O2S. The summed E-state index contributed by atoms with van der Waals surface area (Å²) in [5, 5.41) is 9.57. The molecule has 1 aromatic heterocycles. The van der Waals surface area contributed by atoms with E-state index in [-0.39, 0.29) is 36.3 Å². The lowest BCUT2D eigenvalue weighted by Gasteiger charge is -2.14. The zero-order valence-corrected chi connectivity index (χ0v) is 20.3. The number of anilines is 1. The summed E-state index contributed by atoms with van der Waals surface area (Å²) in [5.74, 6) is 0.914. The van der Waals surface area contributed by atoms with E-state index in [2.05, 4.69) is 25.9 Å². The Morgan fingerprint density at radius 3 is 2.53 bits per heavy atom. The van der Waals surface area contributed by atoms with Crippen molar-refractivity contribution >= 4 is 45.6 Å². The van der Waals surface area contributed by atoms with Crippen molar-refractivity contribution in [3.8, 4) is 0 Å². The Kier molecular flexibility index (Phi) is 11.6. The number of hydrogen-bond donors (Lipinski definition) is 3. The van der Waals surface area contributed by atoms with E-state index >= 15 is 0 Å². The number of aromatic nitrogens is 1. The van der Waals surface area contributed by atoms with Gasteiger partial charge in [-0.05, 0) is 48.2 Å². The highest BCUT2D eigenvalue weighted by atomic mass is 127. The maximum atomic E-state index is 13.6. The Hall–Kier alpha value is -1.95. The summed E-state index contributed by atoms with van der Waals surface area (Å²) in [5.41, 5.74) is 1.18. The highest BCUT2D eigenvalue weighted by molar-refractivity contribution is 14.0. The maximum Gasteiger partial charge on any atom is 0.191 e. The third kappa shape index (κ3) is 10.2. The third-order valence-corrected chi connectivity index (χ3v) is 4.96. The van der Waals surface area contributed by atoms with Crippen LogP contribution in [0.25, 0.3) is 0 Å². The van der Waals surface area contributed by atoms with Crippen LogP contribution in [0.2, 0.25) is 0 Å². The van der Waals surface area contributed by atoms with Gasteiger partial charge in [0.1, 0.15) is 11.6 Å². The van der Waals surface area contributed by atoms with Gasteiger partial charge < -0.3 is 16.0 Å². The molecule has 0 atom stereocenters. The summed E-state index contributed by atoms with van der Waals surface area (Å²) in [6, 6.07) is 9.88. The number of halogens is 2. The van der Waals surface area contributed by atoms with Gasteiger partial charge in [0.15, 0.2) is 15.8 Å². The van der Waals surface area contributed by atoms with E-state index in [1.807, 2.05) is 18.2 Å². The molecule has 2 aromatic rings. The van der Waals surface area contributed by atoms with E-state index in [4.69, 9.17) is 0 Å². The molecule has 1 heterocycles. The summed E-state index contributed by atoms with van der Waals surface area (Å²) in [7, 11) is -1.55. The van der Waals surface area contributed by atoms with Gasteiger partial charge in [-0.2, -0.15) is 0 Å². The summed E-state index contributed by atoms with van der Waals surface area (Å²) in [6.07, 6.45) is 4.80. The topological polar surface area (TPSA) is 95.5 Å². The van der Waals surface area contributed by atoms with Crippen LogP contribution in [-0.4, -0.2) is 45.8 Å². The van der Waals surface area contributed by atoms with Crippen LogP contribution >= 0.6 is 24.0 Å². The van der Waals surface area contributed by atoms with E-state index < -0.39 is 15.7 Å². The lowest BCUT2D eigenvalue weighted by atomic mass is 10.1. The van der Waals surface area contributed by atoms with Crippen molar-refractivity contribution in [3.63, 3.8) is 0 Å². The lowest BCUT2D eigenvalue weighted by molar-refractivity contribution is 0.599. The van der Waals surface area contributed by atoms with Crippen LogP contribution in [0.4, 0.5) is 10.2 Å². The van der Waals surface area contributed by atoms with Crippen molar-refractivity contribution in [3.05, 3.63) is 59.5 Å². The van der Waals surface area contributed by atoms with E-state index in [9.17, 15) is 12.8 Å². The standard InChI is InChI=1S/C20H28FN5O2S.HI/c1-22-20(25-12-6-5-11-24-19-7-3-4-10-23-19)26-14-17-13-18(21)9-8-16(17)15-29(2,27)28;/h3-4,7-10,13H,5-6,11-12,14-15H2,1-2H3,(H,23,24)(H2,22,25,26);1H. The number of nitrogens with one attached hydrogen (secondary N) is 3. The van der Waals surface area contributed by atoms with Gasteiger partial charge in [0.2, 0.25) is 0 Å². The molecule has 0 bridgehead atoms. The van der Waals surface area contributed by atoms with E-state index in [1.165, 1.54) is 18.2 Å². The predicted octanol–water partition coefficient (Wildman–Crippen LogP) is 2.94. The Labute approximate surface area is 194 Å². The van der Waals surface area contributed by atoms with Crippen LogP contribution in [0.1, 0.15) is 24.0 Å². The Bertz CT molecular complexity index is 911. The van der Waals surface area contributed by atoms with Crippen molar-refractivity contribution in [1.29, 1.82) is 0 Å². The largest absolute Gasteiger partial charge is 0.370 e.